The van der Waals surface area contributed by atoms with Crippen molar-refractivity contribution in [3.05, 3.63) is 29.8 Å². The fraction of sp³-hybridized carbons (Fsp3) is 0.550. The number of carbonyl (C=O) groups excluding carboxylic acids is 1. The van der Waals surface area contributed by atoms with Crippen LogP contribution in [0.3, 0.4) is 0 Å². The fourth-order valence-electron chi connectivity index (χ4n) is 3.45. The first-order valence-corrected chi connectivity index (χ1v) is 9.22. The van der Waals surface area contributed by atoms with E-state index in [0.717, 1.165) is 57.1 Å². The maximum Gasteiger partial charge on any atom is 0.246 e. The van der Waals surface area contributed by atoms with Gasteiger partial charge in [-0.1, -0.05) is 0 Å². The minimum Gasteiger partial charge on any atom is -0.497 e. The quantitative estimate of drug-likeness (QED) is 0.727. The smallest absolute Gasteiger partial charge is 0.246 e. The summed E-state index contributed by atoms with van der Waals surface area (Å²) in [4.78, 5) is 16.8. The maximum absolute atomic E-state index is 12.5. The van der Waals surface area contributed by atoms with Gasteiger partial charge in [-0.25, -0.2) is 0 Å². The van der Waals surface area contributed by atoms with Crippen molar-refractivity contribution in [2.24, 2.45) is 0 Å². The van der Waals surface area contributed by atoms with Crippen LogP contribution in [0.15, 0.2) is 24.3 Å². The highest BCUT2D eigenvalue weighted by Crippen LogP contribution is 2.25. The lowest BCUT2D eigenvalue weighted by molar-refractivity contribution is -0.127. The summed E-state index contributed by atoms with van der Waals surface area (Å²) in [6.45, 7) is 5.21. The molecular weight excluding hydrogens is 332 g/mol. The molecule has 1 unspecified atom stereocenters. The SMILES string of the molecule is COc1ccc(/C=C/C(=O)N2CCN(CC3CCCO3)CC2)c(OC)c1. The molecule has 1 aromatic carbocycles. The number of rotatable bonds is 6. The first kappa shape index (κ1) is 18.7. The van der Waals surface area contributed by atoms with Gasteiger partial charge in [0.2, 0.25) is 5.91 Å². The molecular formula is C20H28N2O4. The first-order valence-electron chi connectivity index (χ1n) is 9.22. The summed E-state index contributed by atoms with van der Waals surface area (Å²) in [5, 5.41) is 0. The van der Waals surface area contributed by atoms with E-state index in [1.807, 2.05) is 23.1 Å². The largest absolute Gasteiger partial charge is 0.497 e. The van der Waals surface area contributed by atoms with E-state index >= 15 is 0 Å². The zero-order valence-electron chi connectivity index (χ0n) is 15.6. The van der Waals surface area contributed by atoms with Gasteiger partial charge in [-0.3, -0.25) is 9.69 Å². The van der Waals surface area contributed by atoms with Gasteiger partial charge in [-0.05, 0) is 31.1 Å². The van der Waals surface area contributed by atoms with Crippen LogP contribution in [0, 0.1) is 0 Å². The standard InChI is InChI=1S/C20H28N2O4/c1-24-17-7-5-16(19(14-17)25-2)6-8-20(23)22-11-9-21(10-12-22)15-18-4-3-13-26-18/h5-8,14,18H,3-4,9-13,15H2,1-2H3/b8-6+. The number of nitrogens with zero attached hydrogens (tertiary/aromatic N) is 2. The molecule has 2 aliphatic rings. The molecule has 2 saturated heterocycles. The molecule has 0 radical (unpaired) electrons. The zero-order valence-corrected chi connectivity index (χ0v) is 15.6. The molecule has 2 heterocycles. The Balaban J connectivity index is 1.51. The highest BCUT2D eigenvalue weighted by Gasteiger charge is 2.24. The second kappa shape index (κ2) is 9.05. The van der Waals surface area contributed by atoms with E-state index in [-0.39, 0.29) is 5.91 Å². The predicted octanol–water partition coefficient (Wildman–Crippen LogP) is 2.04. The Hall–Kier alpha value is -2.05. The third kappa shape index (κ3) is 4.77. The summed E-state index contributed by atoms with van der Waals surface area (Å²) in [5.74, 6) is 1.46. The van der Waals surface area contributed by atoms with Crippen LogP contribution in [0.2, 0.25) is 0 Å². The maximum atomic E-state index is 12.5. The molecule has 6 heteroatoms. The van der Waals surface area contributed by atoms with E-state index in [9.17, 15) is 4.79 Å². The number of benzene rings is 1. The van der Waals surface area contributed by atoms with Crippen LogP contribution in [0.4, 0.5) is 0 Å². The van der Waals surface area contributed by atoms with E-state index in [2.05, 4.69) is 4.90 Å². The number of hydrogen-bond donors (Lipinski definition) is 0. The molecule has 2 fully saturated rings. The molecule has 0 aromatic heterocycles. The van der Waals surface area contributed by atoms with Crippen molar-refractivity contribution < 1.29 is 19.0 Å². The molecule has 1 atom stereocenters. The van der Waals surface area contributed by atoms with Crippen molar-refractivity contribution in [2.45, 2.75) is 18.9 Å². The number of amides is 1. The van der Waals surface area contributed by atoms with Gasteiger partial charge in [0.1, 0.15) is 11.5 Å². The van der Waals surface area contributed by atoms with Crippen molar-refractivity contribution in [3.8, 4) is 11.5 Å². The summed E-state index contributed by atoms with van der Waals surface area (Å²) < 4.78 is 16.3. The Labute approximate surface area is 155 Å². The summed E-state index contributed by atoms with van der Waals surface area (Å²) >= 11 is 0. The highest BCUT2D eigenvalue weighted by molar-refractivity contribution is 5.92. The monoisotopic (exact) mass is 360 g/mol. The van der Waals surface area contributed by atoms with E-state index in [4.69, 9.17) is 14.2 Å². The Morgan fingerprint density at radius 1 is 1.23 bits per heavy atom. The minimum absolute atomic E-state index is 0.0413. The molecule has 2 aliphatic heterocycles. The van der Waals surface area contributed by atoms with Gasteiger partial charge in [0.15, 0.2) is 0 Å². The first-order chi connectivity index (χ1) is 12.7. The van der Waals surface area contributed by atoms with Crippen molar-refractivity contribution in [3.63, 3.8) is 0 Å². The van der Waals surface area contributed by atoms with Gasteiger partial charge in [0.05, 0.1) is 20.3 Å². The van der Waals surface area contributed by atoms with Crippen LogP contribution in [0.5, 0.6) is 11.5 Å². The molecule has 1 aromatic rings. The second-order valence-electron chi connectivity index (χ2n) is 6.70. The molecule has 3 rings (SSSR count). The van der Waals surface area contributed by atoms with E-state index < -0.39 is 0 Å². The second-order valence-corrected chi connectivity index (χ2v) is 6.70. The van der Waals surface area contributed by atoms with Gasteiger partial charge in [0, 0.05) is 57.0 Å². The third-order valence-corrected chi connectivity index (χ3v) is 5.02. The Kier molecular flexibility index (Phi) is 6.52. The average molecular weight is 360 g/mol. The molecule has 0 aliphatic carbocycles. The number of ether oxygens (including phenoxy) is 3. The molecule has 6 nitrogen and oxygen atoms in total. The van der Waals surface area contributed by atoms with Crippen LogP contribution in [0.25, 0.3) is 6.08 Å². The van der Waals surface area contributed by atoms with Gasteiger partial charge < -0.3 is 19.1 Å². The number of carbonyl (C=O) groups is 1. The topological polar surface area (TPSA) is 51.2 Å². The van der Waals surface area contributed by atoms with Gasteiger partial charge >= 0.3 is 0 Å². The minimum atomic E-state index is 0.0413. The molecule has 0 N–H and O–H groups in total. The van der Waals surface area contributed by atoms with Gasteiger partial charge in [-0.2, -0.15) is 0 Å². The number of hydrogen-bond acceptors (Lipinski definition) is 5. The van der Waals surface area contributed by atoms with E-state index in [0.29, 0.717) is 11.9 Å². The van der Waals surface area contributed by atoms with Crippen LogP contribution >= 0.6 is 0 Å². The van der Waals surface area contributed by atoms with Gasteiger partial charge in [-0.15, -0.1) is 0 Å². The number of methoxy groups -OCH3 is 2. The zero-order chi connectivity index (χ0) is 18.4. The molecule has 0 spiro atoms. The Morgan fingerprint density at radius 2 is 2.04 bits per heavy atom. The third-order valence-electron chi connectivity index (χ3n) is 5.02. The van der Waals surface area contributed by atoms with Crippen molar-refractivity contribution in [1.82, 2.24) is 9.80 Å². The molecule has 26 heavy (non-hydrogen) atoms. The summed E-state index contributed by atoms with van der Waals surface area (Å²) in [6, 6.07) is 5.56. The lowest BCUT2D eigenvalue weighted by Crippen LogP contribution is -2.50. The van der Waals surface area contributed by atoms with Crippen molar-refractivity contribution in [2.75, 3.05) is 53.6 Å². The van der Waals surface area contributed by atoms with Crippen LogP contribution < -0.4 is 9.47 Å². The van der Waals surface area contributed by atoms with Gasteiger partial charge in [0.25, 0.3) is 0 Å². The summed E-state index contributed by atoms with van der Waals surface area (Å²) in [5.41, 5.74) is 0.860. The normalized spacial score (nSPS) is 21.3. The molecule has 0 saturated carbocycles. The van der Waals surface area contributed by atoms with E-state index in [1.165, 1.54) is 6.42 Å². The Bertz CT molecular complexity index is 633. The predicted molar refractivity (Wildman–Crippen MR) is 101 cm³/mol. The highest BCUT2D eigenvalue weighted by atomic mass is 16.5. The van der Waals surface area contributed by atoms with Crippen LogP contribution in [0.1, 0.15) is 18.4 Å². The Morgan fingerprint density at radius 3 is 2.69 bits per heavy atom. The lowest BCUT2D eigenvalue weighted by atomic mass is 10.1. The fourth-order valence-corrected chi connectivity index (χ4v) is 3.45. The van der Waals surface area contributed by atoms with E-state index in [1.54, 1.807) is 26.4 Å². The number of piperazine rings is 1. The average Bonchev–Trinajstić information content (AvgIpc) is 3.19. The van der Waals surface area contributed by atoms with Crippen molar-refractivity contribution >= 4 is 12.0 Å². The molecule has 142 valence electrons. The van der Waals surface area contributed by atoms with Crippen molar-refractivity contribution in [1.29, 1.82) is 0 Å². The molecule has 1 amide bonds. The molecule has 0 bridgehead atoms. The summed E-state index contributed by atoms with van der Waals surface area (Å²) in [7, 11) is 3.23. The van der Waals surface area contributed by atoms with Crippen LogP contribution in [-0.4, -0.2) is 75.4 Å². The summed E-state index contributed by atoms with van der Waals surface area (Å²) in [6.07, 6.45) is 6.13. The lowest BCUT2D eigenvalue weighted by Gasteiger charge is -2.35. The van der Waals surface area contributed by atoms with Crippen LogP contribution in [-0.2, 0) is 9.53 Å².